The van der Waals surface area contributed by atoms with Crippen LogP contribution in [0.15, 0.2) is 42.6 Å². The third-order valence-corrected chi connectivity index (χ3v) is 3.91. The minimum Gasteiger partial charge on any atom is -0.337 e. The summed E-state index contributed by atoms with van der Waals surface area (Å²) in [5.41, 5.74) is 6.66. The summed E-state index contributed by atoms with van der Waals surface area (Å²) in [6.07, 6.45) is 3.39. The summed E-state index contributed by atoms with van der Waals surface area (Å²) < 4.78 is 13.8. The second kappa shape index (κ2) is 9.56. The topological polar surface area (TPSA) is 71.2 Å². The van der Waals surface area contributed by atoms with Crippen LogP contribution in [0.4, 0.5) is 15.9 Å². The standard InChI is InChI=1S/C17H19FN4O.2ClH/c18-14-7-1-2-8-15(14)21-16-13(6-3-9-20-16)17(23)22-10-4-5-12(19)11-22;;/h1-3,6-9,12H,4-5,10-11,19H2,(H,20,21);2*1H. The van der Waals surface area contributed by atoms with Gasteiger partial charge in [0.25, 0.3) is 5.91 Å². The molecule has 0 radical (unpaired) electrons. The van der Waals surface area contributed by atoms with Gasteiger partial charge >= 0.3 is 0 Å². The number of aromatic nitrogens is 1. The number of nitrogens with two attached hydrogens (primary N) is 1. The lowest BCUT2D eigenvalue weighted by Gasteiger charge is -2.31. The van der Waals surface area contributed by atoms with Gasteiger partial charge in [-0.2, -0.15) is 0 Å². The highest BCUT2D eigenvalue weighted by Gasteiger charge is 2.24. The maximum atomic E-state index is 13.8. The van der Waals surface area contributed by atoms with Gasteiger partial charge in [-0.1, -0.05) is 12.1 Å². The highest BCUT2D eigenvalue weighted by Crippen LogP contribution is 2.23. The molecule has 5 nitrogen and oxygen atoms in total. The second-order valence-electron chi connectivity index (χ2n) is 5.66. The molecule has 1 atom stereocenters. The first-order chi connectivity index (χ1) is 11.1. The summed E-state index contributed by atoms with van der Waals surface area (Å²) in [5, 5.41) is 2.91. The summed E-state index contributed by atoms with van der Waals surface area (Å²) in [7, 11) is 0. The van der Waals surface area contributed by atoms with Crippen molar-refractivity contribution in [1.29, 1.82) is 0 Å². The van der Waals surface area contributed by atoms with Crippen LogP contribution in [0.3, 0.4) is 0 Å². The smallest absolute Gasteiger partial charge is 0.257 e. The minimum absolute atomic E-state index is 0. The highest BCUT2D eigenvalue weighted by atomic mass is 35.5. The van der Waals surface area contributed by atoms with Gasteiger partial charge in [0.1, 0.15) is 11.6 Å². The summed E-state index contributed by atoms with van der Waals surface area (Å²) >= 11 is 0. The Morgan fingerprint density at radius 2 is 2.00 bits per heavy atom. The highest BCUT2D eigenvalue weighted by molar-refractivity contribution is 5.99. The molecule has 3 rings (SSSR count). The van der Waals surface area contributed by atoms with Gasteiger partial charge in [-0.05, 0) is 37.1 Å². The molecule has 1 aromatic heterocycles. The van der Waals surface area contributed by atoms with E-state index in [9.17, 15) is 9.18 Å². The number of benzene rings is 1. The number of nitrogens with one attached hydrogen (secondary N) is 1. The molecule has 3 N–H and O–H groups in total. The maximum Gasteiger partial charge on any atom is 0.257 e. The van der Waals surface area contributed by atoms with Gasteiger partial charge in [-0.25, -0.2) is 9.37 Å². The molecule has 0 spiro atoms. The number of carbonyl (C=O) groups is 1. The lowest BCUT2D eigenvalue weighted by Crippen LogP contribution is -2.45. The van der Waals surface area contributed by atoms with Crippen molar-refractivity contribution in [3.05, 3.63) is 54.0 Å². The summed E-state index contributed by atoms with van der Waals surface area (Å²) in [4.78, 5) is 18.7. The van der Waals surface area contributed by atoms with E-state index >= 15 is 0 Å². The van der Waals surface area contributed by atoms with Gasteiger partial charge in [0.15, 0.2) is 0 Å². The number of carbonyl (C=O) groups excluding carboxylic acids is 1. The molecule has 1 aliphatic rings. The van der Waals surface area contributed by atoms with Gasteiger partial charge in [0.2, 0.25) is 0 Å². The summed E-state index contributed by atoms with van der Waals surface area (Å²) in [6, 6.07) is 9.69. The number of pyridine rings is 1. The molecule has 1 amide bonds. The molecule has 0 saturated carbocycles. The van der Waals surface area contributed by atoms with Gasteiger partial charge in [-0.15, -0.1) is 24.8 Å². The molecule has 136 valence electrons. The number of amides is 1. The molecular weight excluding hydrogens is 366 g/mol. The van der Waals surface area contributed by atoms with Crippen LogP contribution in [-0.4, -0.2) is 34.9 Å². The number of likely N-dealkylation sites (tertiary alicyclic amines) is 1. The number of rotatable bonds is 3. The minimum atomic E-state index is -0.392. The van der Waals surface area contributed by atoms with E-state index in [-0.39, 0.29) is 42.5 Å². The van der Waals surface area contributed by atoms with Crippen molar-refractivity contribution >= 4 is 42.2 Å². The van der Waals surface area contributed by atoms with E-state index in [0.717, 1.165) is 12.8 Å². The fraction of sp³-hybridized carbons (Fsp3) is 0.294. The van der Waals surface area contributed by atoms with E-state index in [4.69, 9.17) is 5.73 Å². The van der Waals surface area contributed by atoms with Crippen molar-refractivity contribution in [3.63, 3.8) is 0 Å². The Morgan fingerprint density at radius 3 is 2.72 bits per heavy atom. The number of hydrogen-bond acceptors (Lipinski definition) is 4. The van der Waals surface area contributed by atoms with Crippen LogP contribution in [0.5, 0.6) is 0 Å². The van der Waals surface area contributed by atoms with Crippen LogP contribution in [-0.2, 0) is 0 Å². The quantitative estimate of drug-likeness (QED) is 0.847. The molecule has 1 aliphatic heterocycles. The Morgan fingerprint density at radius 1 is 1.24 bits per heavy atom. The predicted octanol–water partition coefficient (Wildman–Crippen LogP) is 3.37. The Balaban J connectivity index is 0.00000156. The molecule has 25 heavy (non-hydrogen) atoms. The maximum absolute atomic E-state index is 13.8. The zero-order chi connectivity index (χ0) is 16.2. The molecule has 0 bridgehead atoms. The fourth-order valence-electron chi connectivity index (χ4n) is 2.73. The average molecular weight is 387 g/mol. The number of para-hydroxylation sites is 1. The Hall–Kier alpha value is -1.89. The zero-order valence-electron chi connectivity index (χ0n) is 13.5. The van der Waals surface area contributed by atoms with Gasteiger partial charge in [0.05, 0.1) is 11.3 Å². The summed E-state index contributed by atoms with van der Waals surface area (Å²) in [6.45, 7) is 1.22. The molecule has 1 unspecified atom stereocenters. The van der Waals surface area contributed by atoms with E-state index < -0.39 is 5.82 Å². The molecule has 8 heteroatoms. The van der Waals surface area contributed by atoms with Crippen LogP contribution < -0.4 is 11.1 Å². The third-order valence-electron chi connectivity index (χ3n) is 3.91. The van der Waals surface area contributed by atoms with Gasteiger partial charge in [-0.3, -0.25) is 4.79 Å². The molecular formula is C17H21Cl2FN4O. The van der Waals surface area contributed by atoms with Crippen LogP contribution >= 0.6 is 24.8 Å². The molecule has 2 aromatic rings. The van der Waals surface area contributed by atoms with Crippen molar-refractivity contribution in [2.75, 3.05) is 18.4 Å². The normalized spacial score (nSPS) is 16.4. The Kier molecular flexibility index (Phi) is 8.09. The van der Waals surface area contributed by atoms with Crippen molar-refractivity contribution in [1.82, 2.24) is 9.88 Å². The molecule has 2 heterocycles. The van der Waals surface area contributed by atoms with Crippen molar-refractivity contribution < 1.29 is 9.18 Å². The van der Waals surface area contributed by atoms with Crippen LogP contribution in [0, 0.1) is 5.82 Å². The summed E-state index contributed by atoms with van der Waals surface area (Å²) in [5.74, 6) is -0.176. The lowest BCUT2D eigenvalue weighted by atomic mass is 10.1. The largest absolute Gasteiger partial charge is 0.337 e. The number of hydrogen-bond donors (Lipinski definition) is 2. The van der Waals surface area contributed by atoms with Crippen molar-refractivity contribution in [3.8, 4) is 0 Å². The van der Waals surface area contributed by atoms with Crippen molar-refractivity contribution in [2.45, 2.75) is 18.9 Å². The van der Waals surface area contributed by atoms with Crippen LogP contribution in [0.25, 0.3) is 0 Å². The zero-order valence-corrected chi connectivity index (χ0v) is 15.2. The Bertz CT molecular complexity index is 717. The molecule has 1 fully saturated rings. The Labute approximate surface area is 158 Å². The van der Waals surface area contributed by atoms with E-state index in [0.29, 0.717) is 24.5 Å². The van der Waals surface area contributed by atoms with Crippen LogP contribution in [0.2, 0.25) is 0 Å². The molecule has 1 saturated heterocycles. The number of halogens is 3. The average Bonchev–Trinajstić information content (AvgIpc) is 2.57. The van der Waals surface area contributed by atoms with Crippen LogP contribution in [0.1, 0.15) is 23.2 Å². The third kappa shape index (κ3) is 5.04. The first-order valence-electron chi connectivity index (χ1n) is 7.66. The van der Waals surface area contributed by atoms with E-state index in [2.05, 4.69) is 10.3 Å². The molecule has 1 aromatic carbocycles. The first-order valence-corrected chi connectivity index (χ1v) is 7.66. The van der Waals surface area contributed by atoms with Gasteiger partial charge < -0.3 is 16.0 Å². The number of nitrogens with zero attached hydrogens (tertiary/aromatic N) is 2. The monoisotopic (exact) mass is 386 g/mol. The molecule has 0 aliphatic carbocycles. The SMILES string of the molecule is Cl.Cl.NC1CCCN(C(=O)c2cccnc2Nc2ccccc2F)C1. The van der Waals surface area contributed by atoms with E-state index in [1.54, 1.807) is 41.4 Å². The fourth-order valence-corrected chi connectivity index (χ4v) is 2.73. The van der Waals surface area contributed by atoms with E-state index in [1.165, 1.54) is 6.07 Å². The predicted molar refractivity (Wildman–Crippen MR) is 102 cm³/mol. The van der Waals surface area contributed by atoms with E-state index in [1.807, 2.05) is 0 Å². The number of anilines is 2. The number of piperidine rings is 1. The first kappa shape index (κ1) is 21.2. The lowest BCUT2D eigenvalue weighted by molar-refractivity contribution is 0.0709. The second-order valence-corrected chi connectivity index (χ2v) is 5.66. The van der Waals surface area contributed by atoms with Crippen molar-refractivity contribution in [2.24, 2.45) is 5.73 Å². The van der Waals surface area contributed by atoms with Gasteiger partial charge in [0, 0.05) is 25.3 Å².